The normalized spacial score (nSPS) is 35.4. The van der Waals surface area contributed by atoms with Crippen LogP contribution in [0.4, 0.5) is 0 Å². The first-order chi connectivity index (χ1) is 12.7. The van der Waals surface area contributed by atoms with Crippen molar-refractivity contribution in [3.05, 3.63) is 60.2 Å². The third-order valence-corrected chi connectivity index (χ3v) is 8.69. The maximum absolute atomic E-state index is 2.66. The van der Waals surface area contributed by atoms with Crippen LogP contribution in [0.2, 0.25) is 0 Å². The van der Waals surface area contributed by atoms with Crippen molar-refractivity contribution in [2.75, 3.05) is 13.1 Å². The van der Waals surface area contributed by atoms with Gasteiger partial charge < -0.3 is 4.48 Å². The van der Waals surface area contributed by atoms with E-state index in [-0.39, 0.29) is 0 Å². The van der Waals surface area contributed by atoms with Crippen LogP contribution in [0.3, 0.4) is 0 Å². The van der Waals surface area contributed by atoms with Crippen molar-refractivity contribution in [3.63, 3.8) is 0 Å². The summed E-state index contributed by atoms with van der Waals surface area (Å²) in [5.74, 6) is 1.94. The van der Waals surface area contributed by atoms with Gasteiger partial charge in [0.25, 0.3) is 0 Å². The largest absolute Gasteiger partial charge is 0.315 e. The minimum Gasteiger partial charge on any atom is -0.315 e. The molecule has 3 aliphatic rings. The van der Waals surface area contributed by atoms with Crippen molar-refractivity contribution in [1.82, 2.24) is 0 Å². The quantitative estimate of drug-likeness (QED) is 0.402. The Balaban J connectivity index is 1.58. The average Bonchev–Trinajstić information content (AvgIpc) is 3.25. The highest BCUT2D eigenvalue weighted by Crippen LogP contribution is 2.60. The van der Waals surface area contributed by atoms with Gasteiger partial charge in [-0.05, 0) is 47.4 Å². The second-order valence-electron chi connectivity index (χ2n) is 9.32. The van der Waals surface area contributed by atoms with E-state index in [1.165, 1.54) is 71.3 Å². The lowest BCUT2D eigenvalue weighted by molar-refractivity contribution is -0.965. The molecule has 0 radical (unpaired) electrons. The van der Waals surface area contributed by atoms with Crippen molar-refractivity contribution in [2.45, 2.75) is 44.7 Å². The Morgan fingerprint density at radius 1 is 0.808 bits per heavy atom. The molecule has 0 N–H and O–H groups in total. The van der Waals surface area contributed by atoms with E-state index in [1.807, 2.05) is 0 Å². The fourth-order valence-electron chi connectivity index (χ4n) is 7.28. The van der Waals surface area contributed by atoms with Crippen molar-refractivity contribution < 1.29 is 4.48 Å². The molecule has 1 nitrogen and oxygen atoms in total. The zero-order valence-corrected chi connectivity index (χ0v) is 15.7. The molecule has 6 rings (SSSR count). The Bertz CT molecular complexity index is 947. The van der Waals surface area contributed by atoms with Gasteiger partial charge in [-0.25, -0.2) is 0 Å². The van der Waals surface area contributed by atoms with Gasteiger partial charge in [-0.3, -0.25) is 0 Å². The third kappa shape index (κ3) is 1.75. The van der Waals surface area contributed by atoms with Crippen LogP contribution in [0.25, 0.3) is 21.5 Å². The van der Waals surface area contributed by atoms with Crippen molar-refractivity contribution in [3.8, 4) is 0 Å². The maximum atomic E-state index is 2.66. The van der Waals surface area contributed by atoms with Crippen LogP contribution in [-0.4, -0.2) is 23.1 Å². The second kappa shape index (κ2) is 5.10. The standard InChI is InChI=1S/C25H28N/c1-25-20-10-11-21(25)13-15-26(25,14-12-20)17-24-22-8-4-2-6-18(22)16-19-7-3-5-9-23(19)24/h2-9,16,20-21H,10-15,17H2,1H3/q+1/t20-,21+,25?,26?. The van der Waals surface area contributed by atoms with Crippen LogP contribution in [-0.2, 0) is 6.54 Å². The van der Waals surface area contributed by atoms with Gasteiger partial charge in [0.05, 0.1) is 13.1 Å². The molecule has 0 bridgehead atoms. The van der Waals surface area contributed by atoms with E-state index in [0.29, 0.717) is 5.54 Å². The fourth-order valence-corrected chi connectivity index (χ4v) is 7.28. The van der Waals surface area contributed by atoms with Crippen LogP contribution >= 0.6 is 0 Å². The van der Waals surface area contributed by atoms with E-state index in [9.17, 15) is 0 Å². The third-order valence-electron chi connectivity index (χ3n) is 8.69. The second-order valence-corrected chi connectivity index (χ2v) is 9.32. The molecule has 2 saturated heterocycles. The predicted octanol–water partition coefficient (Wildman–Crippen LogP) is 5.90. The highest BCUT2D eigenvalue weighted by atomic mass is 15.5. The molecule has 4 atom stereocenters. The van der Waals surface area contributed by atoms with E-state index in [1.54, 1.807) is 5.56 Å². The monoisotopic (exact) mass is 342 g/mol. The number of benzene rings is 3. The molecule has 1 saturated carbocycles. The molecule has 0 amide bonds. The first-order valence-electron chi connectivity index (χ1n) is 10.5. The SMILES string of the molecule is CC12[C@@H]3CC[C@H]1CC[N+]2(Cc1c2ccccc2cc2ccccc12)CC3. The molecule has 1 aliphatic carbocycles. The van der Waals surface area contributed by atoms with Gasteiger partial charge in [0.1, 0.15) is 12.1 Å². The summed E-state index contributed by atoms with van der Waals surface area (Å²) in [6.45, 7) is 6.68. The van der Waals surface area contributed by atoms with Gasteiger partial charge in [-0.15, -0.1) is 0 Å². The number of rotatable bonds is 2. The topological polar surface area (TPSA) is 0 Å². The van der Waals surface area contributed by atoms with Crippen molar-refractivity contribution in [2.24, 2.45) is 11.8 Å². The maximum Gasteiger partial charge on any atom is 0.106 e. The number of hydrogen-bond acceptors (Lipinski definition) is 0. The van der Waals surface area contributed by atoms with Gasteiger partial charge >= 0.3 is 0 Å². The van der Waals surface area contributed by atoms with Crippen molar-refractivity contribution >= 4 is 21.5 Å². The minimum absolute atomic E-state index is 0.540. The van der Waals surface area contributed by atoms with E-state index >= 15 is 0 Å². The molecule has 2 unspecified atom stereocenters. The number of nitrogens with zero attached hydrogens (tertiary/aromatic N) is 1. The van der Waals surface area contributed by atoms with Crippen molar-refractivity contribution in [1.29, 1.82) is 0 Å². The lowest BCUT2D eigenvalue weighted by Crippen LogP contribution is -2.57. The summed E-state index contributed by atoms with van der Waals surface area (Å²) in [7, 11) is 0. The Hall–Kier alpha value is -1.86. The van der Waals surface area contributed by atoms with Crippen LogP contribution in [0.1, 0.15) is 38.2 Å². The van der Waals surface area contributed by atoms with Gasteiger partial charge in [0.15, 0.2) is 0 Å². The number of quaternary nitrogens is 1. The Labute approximate surface area is 156 Å². The average molecular weight is 343 g/mol. The van der Waals surface area contributed by atoms with Gasteiger partial charge in [0, 0.05) is 30.2 Å². The van der Waals surface area contributed by atoms with Crippen LogP contribution in [0, 0.1) is 11.8 Å². The van der Waals surface area contributed by atoms with Crippen LogP contribution < -0.4 is 0 Å². The molecule has 3 aromatic rings. The molecule has 3 fully saturated rings. The van der Waals surface area contributed by atoms with E-state index in [0.717, 1.165) is 11.8 Å². The molecule has 3 aromatic carbocycles. The van der Waals surface area contributed by atoms with Crippen LogP contribution in [0.15, 0.2) is 54.6 Å². The lowest BCUT2D eigenvalue weighted by Gasteiger charge is -2.44. The summed E-state index contributed by atoms with van der Waals surface area (Å²) in [5.41, 5.74) is 2.14. The fraction of sp³-hybridized carbons (Fsp3) is 0.440. The molecular formula is C25H28N+. The Kier molecular flexibility index (Phi) is 2.99. The first kappa shape index (κ1) is 15.2. The summed E-state index contributed by atoms with van der Waals surface area (Å²) in [6.07, 6.45) is 5.88. The Morgan fingerprint density at radius 2 is 1.35 bits per heavy atom. The minimum atomic E-state index is 0.540. The Morgan fingerprint density at radius 3 is 1.92 bits per heavy atom. The lowest BCUT2D eigenvalue weighted by atomic mass is 9.83. The van der Waals surface area contributed by atoms with Gasteiger partial charge in [0.2, 0.25) is 0 Å². The zero-order valence-electron chi connectivity index (χ0n) is 15.7. The molecule has 2 aliphatic heterocycles. The first-order valence-corrected chi connectivity index (χ1v) is 10.5. The number of hydrogen-bond donors (Lipinski definition) is 0. The molecule has 2 heterocycles. The molecule has 0 aromatic heterocycles. The zero-order chi connectivity index (χ0) is 17.4. The molecular weight excluding hydrogens is 314 g/mol. The van der Waals surface area contributed by atoms with Crippen LogP contribution in [0.5, 0.6) is 0 Å². The number of fused-ring (bicyclic) bond motifs is 2. The molecule has 132 valence electrons. The smallest absolute Gasteiger partial charge is 0.106 e. The summed E-state index contributed by atoms with van der Waals surface area (Å²) >= 11 is 0. The molecule has 0 spiro atoms. The summed E-state index contributed by atoms with van der Waals surface area (Å²) < 4.78 is 1.36. The molecule has 26 heavy (non-hydrogen) atoms. The van der Waals surface area contributed by atoms with E-state index in [2.05, 4.69) is 61.5 Å². The summed E-state index contributed by atoms with van der Waals surface area (Å²) in [5, 5.41) is 5.77. The predicted molar refractivity (Wildman–Crippen MR) is 109 cm³/mol. The molecule has 1 heteroatoms. The highest BCUT2D eigenvalue weighted by molar-refractivity contribution is 6.02. The highest BCUT2D eigenvalue weighted by Gasteiger charge is 2.67. The van der Waals surface area contributed by atoms with Gasteiger partial charge in [-0.1, -0.05) is 48.5 Å². The summed E-state index contributed by atoms with van der Waals surface area (Å²) in [6, 6.07) is 20.5. The van der Waals surface area contributed by atoms with E-state index in [4.69, 9.17) is 0 Å². The summed E-state index contributed by atoms with van der Waals surface area (Å²) in [4.78, 5) is 0. The van der Waals surface area contributed by atoms with E-state index < -0.39 is 0 Å². The van der Waals surface area contributed by atoms with Gasteiger partial charge in [-0.2, -0.15) is 0 Å².